The van der Waals surface area contributed by atoms with Gasteiger partial charge in [0.05, 0.1) is 11.1 Å². The molecule has 0 saturated heterocycles. The van der Waals surface area contributed by atoms with Crippen LogP contribution in [0.3, 0.4) is 0 Å². The van der Waals surface area contributed by atoms with E-state index < -0.39 is 6.10 Å². The Hall–Kier alpha value is -0.100. The molecule has 0 radical (unpaired) electrons. The van der Waals surface area contributed by atoms with Crippen molar-refractivity contribution < 1.29 is 5.11 Å². The van der Waals surface area contributed by atoms with E-state index in [9.17, 15) is 5.11 Å². The summed E-state index contributed by atoms with van der Waals surface area (Å²) in [5.74, 6) is 0. The Labute approximate surface area is 117 Å². The number of rotatable bonds is 3. The van der Waals surface area contributed by atoms with E-state index in [1.54, 1.807) is 11.3 Å². The normalized spacial score (nSPS) is 12.7. The van der Waals surface area contributed by atoms with Crippen molar-refractivity contribution in [1.82, 2.24) is 0 Å². The molecule has 1 aromatic carbocycles. The van der Waals surface area contributed by atoms with E-state index in [-0.39, 0.29) is 0 Å². The molecule has 1 heterocycles. The van der Waals surface area contributed by atoms with Crippen LogP contribution < -0.4 is 0 Å². The van der Waals surface area contributed by atoms with Gasteiger partial charge in [-0.2, -0.15) is 11.3 Å². The van der Waals surface area contributed by atoms with Crippen LogP contribution in [0.15, 0.2) is 35.0 Å². The number of halogens is 2. The molecule has 16 heavy (non-hydrogen) atoms. The van der Waals surface area contributed by atoms with Gasteiger partial charge in [-0.25, -0.2) is 0 Å². The molecule has 0 aliphatic rings. The van der Waals surface area contributed by atoms with E-state index in [0.717, 1.165) is 14.7 Å². The molecule has 2 aromatic rings. The van der Waals surface area contributed by atoms with Crippen LogP contribution in [0.25, 0.3) is 0 Å². The van der Waals surface area contributed by atoms with Crippen molar-refractivity contribution in [3.63, 3.8) is 0 Å². The molecular weight excluding hydrogens is 355 g/mol. The lowest BCUT2D eigenvalue weighted by Crippen LogP contribution is -2.01. The summed E-state index contributed by atoms with van der Waals surface area (Å²) in [6, 6.07) is 7.71. The zero-order valence-corrected chi connectivity index (χ0v) is 12.1. The number of hydrogen-bond donors (Lipinski definition) is 1. The zero-order valence-electron chi connectivity index (χ0n) is 8.36. The number of aliphatic hydroxyl groups is 1. The second kappa shape index (κ2) is 5.49. The Morgan fingerprint density at radius 3 is 2.81 bits per heavy atom. The summed E-state index contributed by atoms with van der Waals surface area (Å²) in [6.07, 6.45) is 0.157. The topological polar surface area (TPSA) is 20.2 Å². The number of thiophene rings is 1. The smallest absolute Gasteiger partial charge is 0.0831 e. The minimum absolute atomic E-state index is 0.482. The summed E-state index contributed by atoms with van der Waals surface area (Å²) in [6.45, 7) is 0. The Morgan fingerprint density at radius 1 is 1.38 bits per heavy atom. The van der Waals surface area contributed by atoms with Gasteiger partial charge < -0.3 is 5.11 Å². The zero-order chi connectivity index (χ0) is 11.5. The third kappa shape index (κ3) is 2.97. The van der Waals surface area contributed by atoms with E-state index in [0.29, 0.717) is 11.4 Å². The summed E-state index contributed by atoms with van der Waals surface area (Å²) in [5, 5.41) is 14.8. The van der Waals surface area contributed by atoms with Crippen LogP contribution in [-0.4, -0.2) is 5.11 Å². The highest BCUT2D eigenvalue weighted by Gasteiger charge is 2.10. The minimum atomic E-state index is -0.482. The van der Waals surface area contributed by atoms with Crippen LogP contribution in [0.2, 0.25) is 5.02 Å². The Bertz CT molecular complexity index is 470. The van der Waals surface area contributed by atoms with Crippen LogP contribution in [-0.2, 0) is 6.42 Å². The first-order chi connectivity index (χ1) is 7.66. The van der Waals surface area contributed by atoms with Crippen LogP contribution in [0.4, 0.5) is 0 Å². The number of aliphatic hydroxyl groups excluding tert-OH is 1. The molecule has 0 saturated carbocycles. The quantitative estimate of drug-likeness (QED) is 0.806. The predicted octanol–water partition coefficient (Wildman–Crippen LogP) is 4.28. The lowest BCUT2D eigenvalue weighted by atomic mass is 10.0. The van der Waals surface area contributed by atoms with Gasteiger partial charge in [0.15, 0.2) is 0 Å². The third-order valence-corrected chi connectivity index (χ3v) is 4.64. The molecular formula is C12H10ClIOS. The summed E-state index contributed by atoms with van der Waals surface area (Å²) in [7, 11) is 0. The maximum Gasteiger partial charge on any atom is 0.0831 e. The number of hydrogen-bond acceptors (Lipinski definition) is 2. The van der Waals surface area contributed by atoms with Gasteiger partial charge in [-0.15, -0.1) is 0 Å². The highest BCUT2D eigenvalue weighted by Crippen LogP contribution is 2.25. The summed E-state index contributed by atoms with van der Waals surface area (Å²) >= 11 is 9.84. The van der Waals surface area contributed by atoms with Gasteiger partial charge in [-0.1, -0.05) is 17.7 Å². The predicted molar refractivity (Wildman–Crippen MR) is 77.2 cm³/mol. The fraction of sp³-hybridized carbons (Fsp3) is 0.167. The summed E-state index contributed by atoms with van der Waals surface area (Å²) in [5.41, 5.74) is 2.03. The monoisotopic (exact) mass is 364 g/mol. The largest absolute Gasteiger partial charge is 0.388 e. The van der Waals surface area contributed by atoms with E-state index in [1.165, 1.54) is 0 Å². The highest BCUT2D eigenvalue weighted by atomic mass is 127. The van der Waals surface area contributed by atoms with E-state index >= 15 is 0 Å². The van der Waals surface area contributed by atoms with Crippen LogP contribution in [0.1, 0.15) is 17.2 Å². The SMILES string of the molecule is OC(Cc1ccsc1)c1ccc(I)c(Cl)c1. The molecule has 84 valence electrons. The van der Waals surface area contributed by atoms with Gasteiger partial charge in [0.2, 0.25) is 0 Å². The molecule has 4 heteroatoms. The fourth-order valence-electron chi connectivity index (χ4n) is 1.47. The van der Waals surface area contributed by atoms with Crippen LogP contribution >= 0.6 is 45.5 Å². The Kier molecular flexibility index (Phi) is 4.24. The maximum absolute atomic E-state index is 10.1. The van der Waals surface area contributed by atoms with Crippen molar-refractivity contribution in [2.24, 2.45) is 0 Å². The molecule has 1 nitrogen and oxygen atoms in total. The van der Waals surface area contributed by atoms with Gasteiger partial charge in [-0.05, 0) is 62.7 Å². The molecule has 1 atom stereocenters. The molecule has 1 N–H and O–H groups in total. The van der Waals surface area contributed by atoms with Crippen molar-refractivity contribution in [1.29, 1.82) is 0 Å². The second-order valence-corrected chi connectivity index (χ2v) is 5.87. The van der Waals surface area contributed by atoms with Crippen molar-refractivity contribution in [3.05, 3.63) is 54.7 Å². The molecule has 0 bridgehead atoms. The summed E-state index contributed by atoms with van der Waals surface area (Å²) in [4.78, 5) is 0. The molecule has 0 spiro atoms. The fourth-order valence-corrected chi connectivity index (χ4v) is 2.68. The van der Waals surface area contributed by atoms with Gasteiger partial charge in [0, 0.05) is 9.99 Å². The van der Waals surface area contributed by atoms with Gasteiger partial charge in [-0.3, -0.25) is 0 Å². The molecule has 1 aromatic heterocycles. The molecule has 2 rings (SSSR count). The van der Waals surface area contributed by atoms with E-state index in [2.05, 4.69) is 28.0 Å². The first-order valence-corrected chi connectivity index (χ1v) is 7.21. The standard InChI is InChI=1S/C12H10ClIOS/c13-10-6-9(1-2-11(10)14)12(15)5-8-3-4-16-7-8/h1-4,6-7,12,15H,5H2. The minimum Gasteiger partial charge on any atom is -0.388 e. The van der Waals surface area contributed by atoms with Crippen molar-refractivity contribution in [3.8, 4) is 0 Å². The molecule has 0 aliphatic heterocycles. The van der Waals surface area contributed by atoms with Crippen LogP contribution in [0.5, 0.6) is 0 Å². The Morgan fingerprint density at radius 2 is 2.19 bits per heavy atom. The first kappa shape index (κ1) is 12.4. The van der Waals surface area contributed by atoms with Crippen LogP contribution in [0, 0.1) is 3.57 Å². The van der Waals surface area contributed by atoms with Crippen molar-refractivity contribution in [2.45, 2.75) is 12.5 Å². The first-order valence-electron chi connectivity index (χ1n) is 4.81. The molecule has 0 fully saturated rings. The maximum atomic E-state index is 10.1. The average Bonchev–Trinajstić information content (AvgIpc) is 2.74. The second-order valence-electron chi connectivity index (χ2n) is 3.53. The molecule has 0 amide bonds. The van der Waals surface area contributed by atoms with Gasteiger partial charge >= 0.3 is 0 Å². The molecule has 1 unspecified atom stereocenters. The van der Waals surface area contributed by atoms with Crippen molar-refractivity contribution in [2.75, 3.05) is 0 Å². The average molecular weight is 365 g/mol. The third-order valence-electron chi connectivity index (χ3n) is 2.34. The number of benzene rings is 1. The van der Waals surface area contributed by atoms with Crippen molar-refractivity contribution >= 4 is 45.5 Å². The summed E-state index contributed by atoms with van der Waals surface area (Å²) < 4.78 is 1.01. The van der Waals surface area contributed by atoms with E-state index in [1.807, 2.05) is 29.6 Å². The van der Waals surface area contributed by atoms with Gasteiger partial charge in [0.25, 0.3) is 0 Å². The van der Waals surface area contributed by atoms with E-state index in [4.69, 9.17) is 11.6 Å². The molecule has 0 aliphatic carbocycles. The lowest BCUT2D eigenvalue weighted by molar-refractivity contribution is 0.178. The lowest BCUT2D eigenvalue weighted by Gasteiger charge is -2.10. The highest BCUT2D eigenvalue weighted by molar-refractivity contribution is 14.1. The Balaban J connectivity index is 2.14. The van der Waals surface area contributed by atoms with Gasteiger partial charge in [0.1, 0.15) is 0 Å².